The molecule has 0 aliphatic heterocycles. The first kappa shape index (κ1) is 27.4. The van der Waals surface area contributed by atoms with E-state index in [9.17, 15) is 4.79 Å². The summed E-state index contributed by atoms with van der Waals surface area (Å²) in [5.74, 6) is 2.03. The fraction of sp³-hybridized carbons (Fsp3) is 0.286. The van der Waals surface area contributed by atoms with E-state index in [1.54, 1.807) is 26.7 Å². The Morgan fingerprint density at radius 2 is 1.87 bits per heavy atom. The van der Waals surface area contributed by atoms with Crippen LogP contribution in [0.15, 0.2) is 55.5 Å². The van der Waals surface area contributed by atoms with Crippen molar-refractivity contribution in [3.8, 4) is 17.3 Å². The van der Waals surface area contributed by atoms with Crippen LogP contribution in [0.3, 0.4) is 0 Å². The van der Waals surface area contributed by atoms with Crippen molar-refractivity contribution >= 4 is 40.0 Å². The predicted molar refractivity (Wildman–Crippen MR) is 155 cm³/mol. The van der Waals surface area contributed by atoms with Gasteiger partial charge in [-0.05, 0) is 45.3 Å². The van der Waals surface area contributed by atoms with Gasteiger partial charge in [-0.1, -0.05) is 6.58 Å². The van der Waals surface area contributed by atoms with Crippen LogP contribution in [-0.4, -0.2) is 78.8 Å². The second-order valence-corrected chi connectivity index (χ2v) is 9.28. The van der Waals surface area contributed by atoms with E-state index in [2.05, 4.69) is 37.0 Å². The van der Waals surface area contributed by atoms with Crippen molar-refractivity contribution in [2.75, 3.05) is 64.0 Å². The Hall–Kier alpha value is -4.64. The van der Waals surface area contributed by atoms with E-state index in [1.807, 2.05) is 63.0 Å². The number of imidazole rings is 1. The molecule has 2 N–H and O–H groups in total. The fourth-order valence-electron chi connectivity index (χ4n) is 4.05. The van der Waals surface area contributed by atoms with E-state index in [4.69, 9.17) is 14.5 Å². The molecule has 4 aromatic rings. The molecule has 0 atom stereocenters. The number of aromatic nitrogens is 4. The minimum Gasteiger partial charge on any atom is -0.497 e. The monoisotopic (exact) mass is 530 g/mol. The van der Waals surface area contributed by atoms with Gasteiger partial charge >= 0.3 is 0 Å². The molecule has 2 aromatic carbocycles. The highest BCUT2D eigenvalue weighted by Gasteiger charge is 2.17. The van der Waals surface area contributed by atoms with Crippen molar-refractivity contribution in [2.45, 2.75) is 6.92 Å². The molecule has 0 radical (unpaired) electrons. The number of benzene rings is 2. The van der Waals surface area contributed by atoms with Gasteiger partial charge in [0, 0.05) is 44.0 Å². The van der Waals surface area contributed by atoms with Crippen LogP contribution in [0.4, 0.5) is 23.0 Å². The number of carbonyl (C=O) groups is 1. The zero-order valence-corrected chi connectivity index (χ0v) is 23.1. The van der Waals surface area contributed by atoms with Crippen LogP contribution >= 0.6 is 0 Å². The molecule has 11 nitrogen and oxygen atoms in total. The Balaban J connectivity index is 1.72. The van der Waals surface area contributed by atoms with Gasteiger partial charge in [-0.2, -0.15) is 4.98 Å². The summed E-state index contributed by atoms with van der Waals surface area (Å²) in [6.07, 6.45) is 4.71. The predicted octanol–water partition coefficient (Wildman–Crippen LogP) is 4.01. The molecule has 0 saturated heterocycles. The molecule has 2 aromatic heterocycles. The van der Waals surface area contributed by atoms with Crippen molar-refractivity contribution in [3.63, 3.8) is 0 Å². The third-order valence-corrected chi connectivity index (χ3v) is 6.23. The summed E-state index contributed by atoms with van der Waals surface area (Å²) in [6.45, 7) is 7.10. The van der Waals surface area contributed by atoms with Gasteiger partial charge in [0.2, 0.25) is 11.9 Å². The van der Waals surface area contributed by atoms with E-state index in [0.717, 1.165) is 41.1 Å². The molecule has 0 saturated carbocycles. The number of ether oxygens (including phenoxy) is 2. The smallest absolute Gasteiger partial charge is 0.247 e. The first-order chi connectivity index (χ1) is 18.7. The van der Waals surface area contributed by atoms with E-state index < -0.39 is 0 Å². The lowest BCUT2D eigenvalue weighted by Gasteiger charge is -2.26. The van der Waals surface area contributed by atoms with Crippen molar-refractivity contribution in [1.29, 1.82) is 0 Å². The molecule has 0 spiro atoms. The molecule has 39 heavy (non-hydrogen) atoms. The first-order valence-corrected chi connectivity index (χ1v) is 12.4. The molecule has 0 fully saturated rings. The van der Waals surface area contributed by atoms with Crippen molar-refractivity contribution in [2.24, 2.45) is 0 Å². The molecule has 2 heterocycles. The van der Waals surface area contributed by atoms with Gasteiger partial charge in [-0.15, -0.1) is 0 Å². The first-order valence-electron chi connectivity index (χ1n) is 12.4. The number of anilines is 4. The number of carbonyl (C=O) groups excluding carboxylic acids is 1. The number of nitrogens with zero attached hydrogens (tertiary/aromatic N) is 6. The van der Waals surface area contributed by atoms with Crippen molar-refractivity contribution in [3.05, 3.63) is 61.1 Å². The van der Waals surface area contributed by atoms with Gasteiger partial charge in [0.25, 0.3) is 0 Å². The van der Waals surface area contributed by atoms with E-state index in [-0.39, 0.29) is 5.91 Å². The molecule has 1 amide bonds. The maximum Gasteiger partial charge on any atom is 0.247 e. The standard InChI is InChI=1S/C28H34N8O3/c1-8-26(37)31-21-14-22(25(39-7)15-24(21)35(5)12-11-34(3)4)32-28-29-16-18(2)27(33-28)36-17-30-20-13-19(38-6)9-10-23(20)36/h8-10,13-17H,1,11-12H2,2-7H3,(H,31,37)(H,29,32,33). The summed E-state index contributed by atoms with van der Waals surface area (Å²) in [4.78, 5) is 30.2. The largest absolute Gasteiger partial charge is 0.497 e. The van der Waals surface area contributed by atoms with Gasteiger partial charge < -0.3 is 29.9 Å². The number of nitrogens with one attached hydrogen (secondary N) is 2. The third kappa shape index (κ3) is 6.10. The van der Waals surface area contributed by atoms with E-state index >= 15 is 0 Å². The Bertz CT molecular complexity index is 1500. The summed E-state index contributed by atoms with van der Waals surface area (Å²) in [5, 5.41) is 6.17. The normalized spacial score (nSPS) is 10.9. The van der Waals surface area contributed by atoms with E-state index in [1.165, 1.54) is 6.08 Å². The number of fused-ring (bicyclic) bond motifs is 1. The number of hydrogen-bond donors (Lipinski definition) is 2. The molecule has 0 bridgehead atoms. The number of methoxy groups -OCH3 is 2. The van der Waals surface area contributed by atoms with Crippen LogP contribution in [0.25, 0.3) is 16.9 Å². The van der Waals surface area contributed by atoms with Gasteiger partial charge in [0.15, 0.2) is 0 Å². The van der Waals surface area contributed by atoms with Crippen LogP contribution in [0, 0.1) is 6.92 Å². The van der Waals surface area contributed by atoms with Crippen LogP contribution in [0.2, 0.25) is 0 Å². The average molecular weight is 531 g/mol. The molecule has 204 valence electrons. The van der Waals surface area contributed by atoms with Crippen molar-refractivity contribution in [1.82, 2.24) is 24.4 Å². The topological polar surface area (TPSA) is 110 Å². The minimum atomic E-state index is -0.314. The minimum absolute atomic E-state index is 0.314. The van der Waals surface area contributed by atoms with Gasteiger partial charge in [0.1, 0.15) is 23.6 Å². The SMILES string of the molecule is C=CC(=O)Nc1cc(Nc2ncc(C)c(-n3cnc4cc(OC)ccc43)n2)c(OC)cc1N(C)CCN(C)C. The summed E-state index contributed by atoms with van der Waals surface area (Å²) in [5.41, 5.74) is 4.56. The number of rotatable bonds is 11. The lowest BCUT2D eigenvalue weighted by molar-refractivity contribution is -0.111. The van der Waals surface area contributed by atoms with Crippen LogP contribution < -0.4 is 25.0 Å². The number of aryl methyl sites for hydroxylation is 1. The fourth-order valence-corrected chi connectivity index (χ4v) is 4.05. The summed E-state index contributed by atoms with van der Waals surface area (Å²) < 4.78 is 12.9. The lowest BCUT2D eigenvalue weighted by Crippen LogP contribution is -2.29. The van der Waals surface area contributed by atoms with Gasteiger partial charge in [-0.25, -0.2) is 9.97 Å². The highest BCUT2D eigenvalue weighted by molar-refractivity contribution is 6.02. The lowest BCUT2D eigenvalue weighted by atomic mass is 10.2. The van der Waals surface area contributed by atoms with Crippen LogP contribution in [0.5, 0.6) is 11.5 Å². The number of amides is 1. The molecular formula is C28H34N8O3. The number of likely N-dealkylation sites (N-methyl/N-ethyl adjacent to an activating group) is 2. The van der Waals surface area contributed by atoms with Gasteiger partial charge in [0.05, 0.1) is 42.3 Å². The Kier molecular flexibility index (Phi) is 8.30. The molecule has 0 unspecified atom stereocenters. The third-order valence-electron chi connectivity index (χ3n) is 6.23. The van der Waals surface area contributed by atoms with Crippen LogP contribution in [0.1, 0.15) is 5.56 Å². The molecular weight excluding hydrogens is 496 g/mol. The zero-order valence-electron chi connectivity index (χ0n) is 23.1. The Labute approximate surface area is 228 Å². The molecule has 0 aliphatic carbocycles. The molecule has 0 aliphatic rings. The Morgan fingerprint density at radius 3 is 2.56 bits per heavy atom. The quantitative estimate of drug-likeness (QED) is 0.278. The maximum absolute atomic E-state index is 12.3. The summed E-state index contributed by atoms with van der Waals surface area (Å²) in [6, 6.07) is 9.39. The highest BCUT2D eigenvalue weighted by atomic mass is 16.5. The van der Waals surface area contributed by atoms with Crippen LogP contribution in [-0.2, 0) is 4.79 Å². The summed E-state index contributed by atoms with van der Waals surface area (Å²) >= 11 is 0. The van der Waals surface area contributed by atoms with E-state index in [0.29, 0.717) is 28.9 Å². The molecule has 11 heteroatoms. The number of hydrogen-bond acceptors (Lipinski definition) is 9. The Morgan fingerprint density at radius 1 is 1.08 bits per heavy atom. The maximum atomic E-state index is 12.3. The highest BCUT2D eigenvalue weighted by Crippen LogP contribution is 2.38. The van der Waals surface area contributed by atoms with Gasteiger partial charge in [-0.3, -0.25) is 9.36 Å². The summed E-state index contributed by atoms with van der Waals surface area (Å²) in [7, 11) is 9.22. The second-order valence-electron chi connectivity index (χ2n) is 9.28. The zero-order chi connectivity index (χ0) is 28.1. The average Bonchev–Trinajstić information content (AvgIpc) is 3.35. The van der Waals surface area contributed by atoms with Crippen molar-refractivity contribution < 1.29 is 14.3 Å². The molecule has 4 rings (SSSR count). The second kappa shape index (κ2) is 11.8.